The van der Waals surface area contributed by atoms with Crippen LogP contribution < -0.4 is 4.90 Å². The van der Waals surface area contributed by atoms with E-state index in [9.17, 15) is 24.5 Å². The van der Waals surface area contributed by atoms with E-state index in [0.717, 1.165) is 8.47 Å². The van der Waals surface area contributed by atoms with Crippen molar-refractivity contribution in [3.8, 4) is 0 Å². The molecule has 8 nitrogen and oxygen atoms in total. The van der Waals surface area contributed by atoms with Gasteiger partial charge in [0.15, 0.2) is 0 Å². The first kappa shape index (κ1) is 22.9. The number of imide groups is 1. The van der Waals surface area contributed by atoms with E-state index in [1.807, 2.05) is 20.8 Å². The van der Waals surface area contributed by atoms with Crippen LogP contribution in [0, 0.1) is 13.7 Å². The summed E-state index contributed by atoms with van der Waals surface area (Å²) in [6.45, 7) is 5.51. The lowest BCUT2D eigenvalue weighted by Crippen LogP contribution is -2.55. The SMILES string of the molecule is CCC(C)(C)N(C(=O)c1cccc([N+](=O)[O-])c1)C1CC(=O)N(c2ccc(I)cc2)C1=O. The van der Waals surface area contributed by atoms with E-state index in [-0.39, 0.29) is 23.6 Å². The van der Waals surface area contributed by atoms with Crippen molar-refractivity contribution in [2.45, 2.75) is 45.2 Å². The molecule has 162 valence electrons. The highest BCUT2D eigenvalue weighted by molar-refractivity contribution is 14.1. The summed E-state index contributed by atoms with van der Waals surface area (Å²) in [6.07, 6.45) is 0.379. The van der Waals surface area contributed by atoms with E-state index in [1.165, 1.54) is 29.2 Å². The predicted molar refractivity (Wildman–Crippen MR) is 124 cm³/mol. The minimum atomic E-state index is -0.992. The van der Waals surface area contributed by atoms with Crippen LogP contribution in [0.2, 0.25) is 0 Å². The van der Waals surface area contributed by atoms with Crippen LogP contribution in [0.25, 0.3) is 0 Å². The van der Waals surface area contributed by atoms with Gasteiger partial charge >= 0.3 is 0 Å². The van der Waals surface area contributed by atoms with E-state index in [1.54, 1.807) is 24.3 Å². The number of amides is 3. The molecule has 1 fully saturated rings. The van der Waals surface area contributed by atoms with Crippen molar-refractivity contribution in [3.05, 3.63) is 67.8 Å². The zero-order chi connectivity index (χ0) is 22.9. The number of rotatable bonds is 6. The van der Waals surface area contributed by atoms with Gasteiger partial charge in [-0.2, -0.15) is 0 Å². The molecular weight excluding hydrogens is 513 g/mol. The first-order valence-electron chi connectivity index (χ1n) is 9.77. The van der Waals surface area contributed by atoms with Crippen molar-refractivity contribution < 1.29 is 19.3 Å². The highest BCUT2D eigenvalue weighted by Gasteiger charge is 2.48. The third kappa shape index (κ3) is 4.46. The van der Waals surface area contributed by atoms with Crippen LogP contribution in [0.1, 0.15) is 44.0 Å². The number of carbonyl (C=O) groups is 3. The molecule has 2 aromatic rings. The number of benzene rings is 2. The normalized spacial score (nSPS) is 16.5. The average Bonchev–Trinajstić information content (AvgIpc) is 3.02. The molecule has 3 rings (SSSR count). The van der Waals surface area contributed by atoms with Gasteiger partial charge in [-0.3, -0.25) is 24.5 Å². The lowest BCUT2D eigenvalue weighted by molar-refractivity contribution is -0.384. The van der Waals surface area contributed by atoms with Gasteiger partial charge in [0.05, 0.1) is 17.0 Å². The number of hydrogen-bond acceptors (Lipinski definition) is 5. The molecule has 1 saturated heterocycles. The Labute approximate surface area is 193 Å². The van der Waals surface area contributed by atoms with Crippen molar-refractivity contribution in [3.63, 3.8) is 0 Å². The highest BCUT2D eigenvalue weighted by Crippen LogP contribution is 2.33. The summed E-state index contributed by atoms with van der Waals surface area (Å²) >= 11 is 2.13. The molecular formula is C22H22IN3O5. The smallest absolute Gasteiger partial charge is 0.270 e. The minimum absolute atomic E-state index is 0.101. The molecule has 1 unspecified atom stereocenters. The Balaban J connectivity index is 2.02. The number of nitro benzene ring substituents is 1. The summed E-state index contributed by atoms with van der Waals surface area (Å²) in [7, 11) is 0. The fourth-order valence-electron chi connectivity index (χ4n) is 3.58. The number of non-ortho nitro benzene ring substituents is 1. The highest BCUT2D eigenvalue weighted by atomic mass is 127. The molecule has 31 heavy (non-hydrogen) atoms. The summed E-state index contributed by atoms with van der Waals surface area (Å²) < 4.78 is 0.964. The van der Waals surface area contributed by atoms with Gasteiger partial charge in [0.1, 0.15) is 6.04 Å². The monoisotopic (exact) mass is 535 g/mol. The molecule has 1 heterocycles. The van der Waals surface area contributed by atoms with Crippen molar-refractivity contribution >= 4 is 51.7 Å². The fraction of sp³-hybridized carbons (Fsp3) is 0.318. The van der Waals surface area contributed by atoms with Crippen LogP contribution in [0.3, 0.4) is 0 Å². The first-order valence-corrected chi connectivity index (χ1v) is 10.8. The van der Waals surface area contributed by atoms with Crippen molar-refractivity contribution in [2.75, 3.05) is 4.90 Å². The molecule has 0 spiro atoms. The molecule has 1 aliphatic heterocycles. The maximum absolute atomic E-state index is 13.5. The van der Waals surface area contributed by atoms with Crippen molar-refractivity contribution in [1.82, 2.24) is 4.90 Å². The van der Waals surface area contributed by atoms with Gasteiger partial charge in [0.25, 0.3) is 17.5 Å². The molecule has 2 aromatic carbocycles. The lowest BCUT2D eigenvalue weighted by Gasteiger charge is -2.41. The van der Waals surface area contributed by atoms with E-state index in [2.05, 4.69) is 22.6 Å². The van der Waals surface area contributed by atoms with E-state index in [4.69, 9.17) is 0 Å². The average molecular weight is 535 g/mol. The Hall–Kier alpha value is -2.82. The predicted octanol–water partition coefficient (Wildman–Crippen LogP) is 4.16. The van der Waals surface area contributed by atoms with Gasteiger partial charge in [-0.05, 0) is 73.2 Å². The van der Waals surface area contributed by atoms with Gasteiger partial charge in [0.2, 0.25) is 5.91 Å². The van der Waals surface area contributed by atoms with Crippen LogP contribution in [0.5, 0.6) is 0 Å². The third-order valence-electron chi connectivity index (χ3n) is 5.56. The Morgan fingerprint density at radius 3 is 2.45 bits per heavy atom. The maximum atomic E-state index is 13.5. The lowest BCUT2D eigenvalue weighted by atomic mass is 9.94. The number of anilines is 1. The van der Waals surface area contributed by atoms with E-state index in [0.29, 0.717) is 12.1 Å². The van der Waals surface area contributed by atoms with Gasteiger partial charge < -0.3 is 4.90 Å². The van der Waals surface area contributed by atoms with Crippen molar-refractivity contribution in [1.29, 1.82) is 0 Å². The zero-order valence-corrected chi connectivity index (χ0v) is 19.5. The molecule has 0 aliphatic carbocycles. The molecule has 3 amide bonds. The molecule has 0 bridgehead atoms. The van der Waals surface area contributed by atoms with Crippen LogP contribution in [0.4, 0.5) is 11.4 Å². The molecule has 9 heteroatoms. The summed E-state index contributed by atoms with van der Waals surface area (Å²) in [6, 6.07) is 11.4. The molecule has 0 N–H and O–H groups in total. The summed E-state index contributed by atoms with van der Waals surface area (Å²) in [5, 5.41) is 11.1. The number of carbonyl (C=O) groups excluding carboxylic acids is 3. The number of nitro groups is 1. The second-order valence-electron chi connectivity index (χ2n) is 7.91. The topological polar surface area (TPSA) is 101 Å². The Bertz CT molecular complexity index is 1050. The first-order chi connectivity index (χ1) is 14.6. The Morgan fingerprint density at radius 1 is 1.23 bits per heavy atom. The summed E-state index contributed by atoms with van der Waals surface area (Å²) in [5.41, 5.74) is -0.419. The molecule has 0 radical (unpaired) electrons. The largest absolute Gasteiger partial charge is 0.321 e. The van der Waals surface area contributed by atoms with Crippen molar-refractivity contribution in [2.24, 2.45) is 0 Å². The maximum Gasteiger partial charge on any atom is 0.270 e. The zero-order valence-electron chi connectivity index (χ0n) is 17.4. The molecule has 0 aromatic heterocycles. The quantitative estimate of drug-likeness (QED) is 0.239. The van der Waals surface area contributed by atoms with Gasteiger partial charge in [0, 0.05) is 26.8 Å². The second kappa shape index (κ2) is 8.74. The second-order valence-corrected chi connectivity index (χ2v) is 9.16. The minimum Gasteiger partial charge on any atom is -0.321 e. The summed E-state index contributed by atoms with van der Waals surface area (Å²) in [4.78, 5) is 52.7. The van der Waals surface area contributed by atoms with Crippen LogP contribution in [0.15, 0.2) is 48.5 Å². The number of hydrogen-bond donors (Lipinski definition) is 0. The Kier molecular flexibility index (Phi) is 6.44. The summed E-state index contributed by atoms with van der Waals surface area (Å²) in [5.74, 6) is -1.39. The Morgan fingerprint density at radius 2 is 1.87 bits per heavy atom. The van der Waals surface area contributed by atoms with Gasteiger partial charge in [-0.1, -0.05) is 13.0 Å². The molecule has 1 aliphatic rings. The van der Waals surface area contributed by atoms with Gasteiger partial charge in [-0.25, -0.2) is 4.90 Å². The fourth-order valence-corrected chi connectivity index (χ4v) is 3.94. The van der Waals surface area contributed by atoms with Crippen LogP contribution in [-0.4, -0.2) is 39.1 Å². The molecule has 1 atom stereocenters. The molecule has 0 saturated carbocycles. The van der Waals surface area contributed by atoms with Crippen LogP contribution >= 0.6 is 22.6 Å². The van der Waals surface area contributed by atoms with E-state index >= 15 is 0 Å². The van der Waals surface area contributed by atoms with Crippen LogP contribution in [-0.2, 0) is 9.59 Å². The number of halogens is 1. The third-order valence-corrected chi connectivity index (χ3v) is 6.28. The standard InChI is InChI=1S/C22H22IN3O5/c1-4-22(2,3)25(20(28)14-6-5-7-17(12-14)26(30)31)18-13-19(27)24(21(18)29)16-10-8-15(23)9-11-16/h5-12,18H,4,13H2,1-3H3. The van der Waals surface area contributed by atoms with Gasteiger partial charge in [-0.15, -0.1) is 0 Å². The number of nitrogens with zero attached hydrogens (tertiary/aromatic N) is 3. The van der Waals surface area contributed by atoms with E-state index < -0.39 is 28.3 Å².